The van der Waals surface area contributed by atoms with Gasteiger partial charge in [-0.1, -0.05) is 50.1 Å². The van der Waals surface area contributed by atoms with Crippen molar-refractivity contribution < 1.29 is 10.2 Å². The minimum absolute atomic E-state index is 0.0349. The smallest absolute Gasteiger partial charge is 0.0840 e. The van der Waals surface area contributed by atoms with E-state index in [4.69, 9.17) is 0 Å². The number of aliphatic hydroxyl groups excluding tert-OH is 2. The Morgan fingerprint density at radius 2 is 1.87 bits per heavy atom. The standard InChI is InChI=1S/C13H20O2/c1-2-3-7-12(10-14)13(15)11-8-5-4-6-9-11/h4-6,8-9,12-15H,2-3,7,10H2,1H3/t12-,13-/m0/s1. The van der Waals surface area contributed by atoms with Crippen LogP contribution in [0.1, 0.15) is 37.9 Å². The van der Waals surface area contributed by atoms with Gasteiger partial charge in [-0.05, 0) is 12.0 Å². The van der Waals surface area contributed by atoms with Crippen molar-refractivity contribution in [1.29, 1.82) is 0 Å². The quantitative estimate of drug-likeness (QED) is 0.754. The summed E-state index contributed by atoms with van der Waals surface area (Å²) in [6, 6.07) is 9.55. The molecule has 2 N–H and O–H groups in total. The normalized spacial score (nSPS) is 14.9. The molecule has 0 aliphatic carbocycles. The monoisotopic (exact) mass is 208 g/mol. The molecule has 1 aromatic rings. The van der Waals surface area contributed by atoms with Crippen LogP contribution in [0.4, 0.5) is 0 Å². The first-order valence-electron chi connectivity index (χ1n) is 5.63. The Hall–Kier alpha value is -0.860. The van der Waals surface area contributed by atoms with Gasteiger partial charge in [-0.3, -0.25) is 0 Å². The Bertz CT molecular complexity index is 258. The molecule has 1 rings (SSSR count). The molecule has 2 nitrogen and oxygen atoms in total. The van der Waals surface area contributed by atoms with Crippen LogP contribution in [-0.4, -0.2) is 16.8 Å². The van der Waals surface area contributed by atoms with Crippen LogP contribution in [0.3, 0.4) is 0 Å². The highest BCUT2D eigenvalue weighted by molar-refractivity contribution is 5.17. The maximum absolute atomic E-state index is 10.0. The SMILES string of the molecule is CCCC[C@@H](CO)[C@@H](O)c1ccccc1. The topological polar surface area (TPSA) is 40.5 Å². The predicted molar refractivity (Wildman–Crippen MR) is 61.5 cm³/mol. The van der Waals surface area contributed by atoms with Gasteiger partial charge in [0, 0.05) is 12.5 Å². The summed E-state index contributed by atoms with van der Waals surface area (Å²) in [6.45, 7) is 2.17. The second-order valence-electron chi connectivity index (χ2n) is 3.94. The van der Waals surface area contributed by atoms with Crippen molar-refractivity contribution in [2.75, 3.05) is 6.61 Å². The molecule has 0 unspecified atom stereocenters. The largest absolute Gasteiger partial charge is 0.396 e. The molecule has 15 heavy (non-hydrogen) atoms. The van der Waals surface area contributed by atoms with E-state index in [0.717, 1.165) is 24.8 Å². The molecule has 0 saturated heterocycles. The van der Waals surface area contributed by atoms with Gasteiger partial charge >= 0.3 is 0 Å². The summed E-state index contributed by atoms with van der Waals surface area (Å²) in [5, 5.41) is 19.3. The van der Waals surface area contributed by atoms with E-state index in [2.05, 4.69) is 6.92 Å². The first-order chi connectivity index (χ1) is 7.29. The molecule has 2 atom stereocenters. The molecule has 0 amide bonds. The summed E-state index contributed by atoms with van der Waals surface area (Å²) >= 11 is 0. The summed E-state index contributed by atoms with van der Waals surface area (Å²) in [7, 11) is 0. The van der Waals surface area contributed by atoms with Crippen LogP contribution in [0, 0.1) is 5.92 Å². The lowest BCUT2D eigenvalue weighted by atomic mass is 9.92. The molecule has 0 aliphatic rings. The van der Waals surface area contributed by atoms with E-state index in [0.29, 0.717) is 0 Å². The van der Waals surface area contributed by atoms with Crippen molar-refractivity contribution in [1.82, 2.24) is 0 Å². The Labute approximate surface area is 91.6 Å². The summed E-state index contributed by atoms with van der Waals surface area (Å²) in [4.78, 5) is 0. The highest BCUT2D eigenvalue weighted by Crippen LogP contribution is 2.25. The van der Waals surface area contributed by atoms with Crippen LogP contribution in [0.25, 0.3) is 0 Å². The molecule has 2 heteroatoms. The van der Waals surface area contributed by atoms with Gasteiger partial charge in [-0.15, -0.1) is 0 Å². The number of hydrogen-bond acceptors (Lipinski definition) is 2. The second-order valence-corrected chi connectivity index (χ2v) is 3.94. The Morgan fingerprint density at radius 3 is 2.40 bits per heavy atom. The number of unbranched alkanes of at least 4 members (excludes halogenated alkanes) is 1. The second kappa shape index (κ2) is 6.59. The van der Waals surface area contributed by atoms with Crippen molar-refractivity contribution >= 4 is 0 Å². The van der Waals surface area contributed by atoms with E-state index in [-0.39, 0.29) is 12.5 Å². The zero-order chi connectivity index (χ0) is 11.1. The summed E-state index contributed by atoms with van der Waals surface area (Å²) in [5.74, 6) is -0.0349. The molecule has 0 aliphatic heterocycles. The van der Waals surface area contributed by atoms with Gasteiger partial charge in [-0.2, -0.15) is 0 Å². The van der Waals surface area contributed by atoms with Crippen molar-refractivity contribution in [3.05, 3.63) is 35.9 Å². The fourth-order valence-electron chi connectivity index (χ4n) is 1.74. The molecule has 0 spiro atoms. The van der Waals surface area contributed by atoms with E-state index in [1.807, 2.05) is 30.3 Å². The van der Waals surface area contributed by atoms with Crippen molar-refractivity contribution in [3.8, 4) is 0 Å². The zero-order valence-electron chi connectivity index (χ0n) is 9.26. The van der Waals surface area contributed by atoms with Gasteiger partial charge in [0.15, 0.2) is 0 Å². The Kier molecular flexibility index (Phi) is 5.37. The lowest BCUT2D eigenvalue weighted by Crippen LogP contribution is -2.16. The Balaban J connectivity index is 2.60. The van der Waals surface area contributed by atoms with Gasteiger partial charge in [0.25, 0.3) is 0 Å². The van der Waals surface area contributed by atoms with Crippen LogP contribution in [-0.2, 0) is 0 Å². The van der Waals surface area contributed by atoms with Gasteiger partial charge in [0.1, 0.15) is 0 Å². The van der Waals surface area contributed by atoms with E-state index >= 15 is 0 Å². The third-order valence-corrected chi connectivity index (χ3v) is 2.75. The molecule has 0 radical (unpaired) electrons. The van der Waals surface area contributed by atoms with Crippen LogP contribution < -0.4 is 0 Å². The fraction of sp³-hybridized carbons (Fsp3) is 0.538. The van der Waals surface area contributed by atoms with Crippen molar-refractivity contribution in [2.45, 2.75) is 32.3 Å². The lowest BCUT2D eigenvalue weighted by Gasteiger charge is -2.20. The molecular formula is C13H20O2. The van der Waals surface area contributed by atoms with Gasteiger partial charge in [-0.25, -0.2) is 0 Å². The maximum Gasteiger partial charge on any atom is 0.0840 e. The van der Waals surface area contributed by atoms with Crippen LogP contribution >= 0.6 is 0 Å². The number of aliphatic hydroxyl groups is 2. The average Bonchev–Trinajstić information content (AvgIpc) is 2.31. The van der Waals surface area contributed by atoms with Gasteiger partial charge in [0.2, 0.25) is 0 Å². The van der Waals surface area contributed by atoms with E-state index in [1.54, 1.807) is 0 Å². The van der Waals surface area contributed by atoms with Crippen LogP contribution in [0.15, 0.2) is 30.3 Å². The van der Waals surface area contributed by atoms with Crippen molar-refractivity contribution in [3.63, 3.8) is 0 Å². The molecule has 0 aromatic heterocycles. The highest BCUT2D eigenvalue weighted by Gasteiger charge is 2.19. The first-order valence-corrected chi connectivity index (χ1v) is 5.63. The van der Waals surface area contributed by atoms with Crippen LogP contribution in [0.2, 0.25) is 0 Å². The molecule has 0 bridgehead atoms. The average molecular weight is 208 g/mol. The Morgan fingerprint density at radius 1 is 1.20 bits per heavy atom. The molecule has 84 valence electrons. The summed E-state index contributed by atoms with van der Waals surface area (Å²) in [5.41, 5.74) is 0.896. The highest BCUT2D eigenvalue weighted by atomic mass is 16.3. The molecular weight excluding hydrogens is 188 g/mol. The third-order valence-electron chi connectivity index (χ3n) is 2.75. The van der Waals surface area contributed by atoms with Crippen molar-refractivity contribution in [2.24, 2.45) is 5.92 Å². The maximum atomic E-state index is 10.0. The van der Waals surface area contributed by atoms with Gasteiger partial charge < -0.3 is 10.2 Å². The summed E-state index contributed by atoms with van der Waals surface area (Å²) < 4.78 is 0. The van der Waals surface area contributed by atoms with E-state index in [1.165, 1.54) is 0 Å². The third kappa shape index (κ3) is 3.65. The zero-order valence-corrected chi connectivity index (χ0v) is 9.26. The number of hydrogen-bond donors (Lipinski definition) is 2. The molecule has 1 aromatic carbocycles. The molecule has 0 heterocycles. The van der Waals surface area contributed by atoms with E-state index < -0.39 is 6.10 Å². The fourth-order valence-corrected chi connectivity index (χ4v) is 1.74. The number of rotatable bonds is 6. The van der Waals surface area contributed by atoms with Gasteiger partial charge in [0.05, 0.1) is 6.10 Å². The van der Waals surface area contributed by atoms with E-state index in [9.17, 15) is 10.2 Å². The molecule has 0 saturated carbocycles. The number of benzene rings is 1. The lowest BCUT2D eigenvalue weighted by molar-refractivity contribution is 0.0606. The minimum Gasteiger partial charge on any atom is -0.396 e. The minimum atomic E-state index is -0.539. The van der Waals surface area contributed by atoms with Crippen LogP contribution in [0.5, 0.6) is 0 Å². The predicted octanol–water partition coefficient (Wildman–Crippen LogP) is 2.52. The summed E-state index contributed by atoms with van der Waals surface area (Å²) in [6.07, 6.45) is 2.48. The molecule has 0 fully saturated rings. The first kappa shape index (κ1) is 12.2.